The fourth-order valence-corrected chi connectivity index (χ4v) is 1.97. The lowest BCUT2D eigenvalue weighted by Crippen LogP contribution is -1.98. The summed E-state index contributed by atoms with van der Waals surface area (Å²) < 4.78 is 18.3. The van der Waals surface area contributed by atoms with E-state index in [1.807, 2.05) is 6.92 Å². The molecule has 22 heavy (non-hydrogen) atoms. The van der Waals surface area contributed by atoms with Gasteiger partial charge in [-0.3, -0.25) is 4.79 Å². The molecule has 0 aromatic heterocycles. The van der Waals surface area contributed by atoms with Crippen LogP contribution in [0.2, 0.25) is 0 Å². The summed E-state index contributed by atoms with van der Waals surface area (Å²) in [5, 5.41) is 2.98. The van der Waals surface area contributed by atoms with Gasteiger partial charge in [0.1, 0.15) is 11.6 Å². The first-order valence-electron chi connectivity index (χ1n) is 7.06. The zero-order valence-corrected chi connectivity index (χ0v) is 12.6. The molecule has 0 aliphatic carbocycles. The molecular formula is C18H18FNO2. The highest BCUT2D eigenvalue weighted by Crippen LogP contribution is 2.16. The van der Waals surface area contributed by atoms with Crippen molar-refractivity contribution in [3.05, 3.63) is 71.7 Å². The number of halogens is 1. The number of aryl methyl sites for hydroxylation is 1. The molecule has 0 saturated carbocycles. The van der Waals surface area contributed by atoms with Crippen molar-refractivity contribution >= 4 is 11.5 Å². The van der Waals surface area contributed by atoms with Crippen LogP contribution in [0.3, 0.4) is 0 Å². The van der Waals surface area contributed by atoms with Crippen molar-refractivity contribution in [2.75, 3.05) is 11.9 Å². The summed E-state index contributed by atoms with van der Waals surface area (Å²) >= 11 is 0. The highest BCUT2D eigenvalue weighted by Gasteiger charge is 2.02. The van der Waals surface area contributed by atoms with Crippen molar-refractivity contribution < 1.29 is 13.9 Å². The van der Waals surface area contributed by atoms with Gasteiger partial charge in [0.05, 0.1) is 6.61 Å². The minimum Gasteiger partial charge on any atom is -0.494 e. The van der Waals surface area contributed by atoms with Gasteiger partial charge in [0.15, 0.2) is 5.78 Å². The normalized spacial score (nSPS) is 10.7. The van der Waals surface area contributed by atoms with Gasteiger partial charge < -0.3 is 10.1 Å². The summed E-state index contributed by atoms with van der Waals surface area (Å²) in [6.07, 6.45) is 3.00. The van der Waals surface area contributed by atoms with Gasteiger partial charge in [-0.25, -0.2) is 4.39 Å². The van der Waals surface area contributed by atoms with Crippen LogP contribution in [-0.4, -0.2) is 12.4 Å². The molecule has 3 nitrogen and oxygen atoms in total. The molecule has 0 heterocycles. The number of nitrogens with one attached hydrogen (secondary N) is 1. The van der Waals surface area contributed by atoms with E-state index in [1.165, 1.54) is 18.2 Å². The van der Waals surface area contributed by atoms with E-state index in [-0.39, 0.29) is 11.6 Å². The number of hydrogen-bond donors (Lipinski definition) is 1. The minimum absolute atomic E-state index is 0.115. The first kappa shape index (κ1) is 15.8. The van der Waals surface area contributed by atoms with Gasteiger partial charge >= 0.3 is 0 Å². The summed E-state index contributed by atoms with van der Waals surface area (Å²) in [6, 6.07) is 11.4. The van der Waals surface area contributed by atoms with Gasteiger partial charge in [-0.1, -0.05) is 0 Å². The molecule has 0 atom stereocenters. The van der Waals surface area contributed by atoms with Gasteiger partial charge in [-0.15, -0.1) is 0 Å². The summed E-state index contributed by atoms with van der Waals surface area (Å²) in [5.41, 5.74) is 2.12. The molecule has 2 aromatic rings. The Hall–Kier alpha value is -2.62. The number of allylic oxidation sites excluding steroid dienone is 1. The van der Waals surface area contributed by atoms with Crippen LogP contribution in [0.15, 0.2) is 54.7 Å². The molecule has 0 bridgehead atoms. The molecule has 2 aromatic carbocycles. The summed E-state index contributed by atoms with van der Waals surface area (Å²) in [5.74, 6) is 0.343. The average Bonchev–Trinajstić information content (AvgIpc) is 2.50. The van der Waals surface area contributed by atoms with Crippen LogP contribution in [-0.2, 0) is 0 Å². The second-order valence-corrected chi connectivity index (χ2v) is 4.76. The number of benzene rings is 2. The van der Waals surface area contributed by atoms with Crippen LogP contribution in [0.25, 0.3) is 0 Å². The van der Waals surface area contributed by atoms with Gasteiger partial charge in [0, 0.05) is 23.5 Å². The predicted octanol–water partition coefficient (Wildman–Crippen LogP) is 4.34. The van der Waals surface area contributed by atoms with Crippen LogP contribution in [0.4, 0.5) is 10.1 Å². The monoisotopic (exact) mass is 299 g/mol. The van der Waals surface area contributed by atoms with Crippen molar-refractivity contribution in [1.29, 1.82) is 0 Å². The molecule has 114 valence electrons. The van der Waals surface area contributed by atoms with Crippen LogP contribution in [0, 0.1) is 12.7 Å². The van der Waals surface area contributed by atoms with Crippen molar-refractivity contribution in [2.45, 2.75) is 13.8 Å². The molecule has 1 N–H and O–H groups in total. The van der Waals surface area contributed by atoms with Crippen molar-refractivity contribution in [3.8, 4) is 5.75 Å². The summed E-state index contributed by atoms with van der Waals surface area (Å²) in [4.78, 5) is 12.0. The Morgan fingerprint density at radius 3 is 2.59 bits per heavy atom. The molecule has 0 aliphatic heterocycles. The molecule has 0 fully saturated rings. The number of rotatable bonds is 6. The Morgan fingerprint density at radius 2 is 1.95 bits per heavy atom. The van der Waals surface area contributed by atoms with Crippen molar-refractivity contribution in [2.24, 2.45) is 0 Å². The fourth-order valence-electron chi connectivity index (χ4n) is 1.97. The lowest BCUT2D eigenvalue weighted by Gasteiger charge is -2.05. The van der Waals surface area contributed by atoms with E-state index in [9.17, 15) is 9.18 Å². The van der Waals surface area contributed by atoms with E-state index in [1.54, 1.807) is 43.5 Å². The molecular weight excluding hydrogens is 281 g/mol. The number of anilines is 1. The maximum Gasteiger partial charge on any atom is 0.187 e. The molecule has 0 saturated heterocycles. The van der Waals surface area contributed by atoms with Gasteiger partial charge in [-0.05, 0) is 61.9 Å². The van der Waals surface area contributed by atoms with Gasteiger partial charge in [0.2, 0.25) is 0 Å². The zero-order valence-electron chi connectivity index (χ0n) is 12.6. The van der Waals surface area contributed by atoms with E-state index < -0.39 is 0 Å². The quantitative estimate of drug-likeness (QED) is 0.637. The maximum atomic E-state index is 13.0. The van der Waals surface area contributed by atoms with Crippen molar-refractivity contribution in [3.63, 3.8) is 0 Å². The topological polar surface area (TPSA) is 38.3 Å². The van der Waals surface area contributed by atoms with E-state index in [0.29, 0.717) is 12.2 Å². The molecule has 0 spiro atoms. The number of carbonyl (C=O) groups is 1. The highest BCUT2D eigenvalue weighted by molar-refractivity contribution is 6.04. The Bertz CT molecular complexity index is 678. The first-order chi connectivity index (χ1) is 10.6. The minimum atomic E-state index is -0.280. The highest BCUT2D eigenvalue weighted by atomic mass is 19.1. The van der Waals surface area contributed by atoms with E-state index in [4.69, 9.17) is 4.74 Å². The second kappa shape index (κ2) is 7.41. The van der Waals surface area contributed by atoms with Crippen LogP contribution < -0.4 is 10.1 Å². The molecule has 2 rings (SSSR count). The Labute approximate surface area is 129 Å². The molecule has 0 radical (unpaired) electrons. The average molecular weight is 299 g/mol. The third-order valence-electron chi connectivity index (χ3n) is 3.11. The van der Waals surface area contributed by atoms with Crippen LogP contribution in [0.5, 0.6) is 5.75 Å². The summed E-state index contributed by atoms with van der Waals surface area (Å²) in [6.45, 7) is 4.30. The third kappa shape index (κ3) is 4.19. The molecule has 0 amide bonds. The van der Waals surface area contributed by atoms with Crippen molar-refractivity contribution in [1.82, 2.24) is 0 Å². The molecule has 4 heteroatoms. The number of carbonyl (C=O) groups excluding carboxylic acids is 1. The first-order valence-corrected chi connectivity index (χ1v) is 7.06. The second-order valence-electron chi connectivity index (χ2n) is 4.76. The Morgan fingerprint density at radius 1 is 1.23 bits per heavy atom. The lowest BCUT2D eigenvalue weighted by atomic mass is 10.1. The Kier molecular flexibility index (Phi) is 5.31. The maximum absolute atomic E-state index is 13.0. The standard InChI is InChI=1S/C18H18FNO2/c1-3-22-16-7-4-14(5-8-16)18(21)10-11-20-17-9-6-15(19)12-13(17)2/h4-12,20H,3H2,1-2H3/b11-10+. The number of hydrogen-bond acceptors (Lipinski definition) is 3. The third-order valence-corrected chi connectivity index (χ3v) is 3.11. The largest absolute Gasteiger partial charge is 0.494 e. The van der Waals surface area contributed by atoms with Gasteiger partial charge in [-0.2, -0.15) is 0 Å². The predicted molar refractivity (Wildman–Crippen MR) is 85.8 cm³/mol. The van der Waals surface area contributed by atoms with Gasteiger partial charge in [0.25, 0.3) is 0 Å². The molecule has 0 unspecified atom stereocenters. The van der Waals surface area contributed by atoms with E-state index >= 15 is 0 Å². The zero-order chi connectivity index (χ0) is 15.9. The number of ketones is 1. The molecule has 0 aliphatic rings. The smallest absolute Gasteiger partial charge is 0.187 e. The lowest BCUT2D eigenvalue weighted by molar-refractivity contribution is 0.104. The summed E-state index contributed by atoms with van der Waals surface area (Å²) in [7, 11) is 0. The fraction of sp³-hybridized carbons (Fsp3) is 0.167. The SMILES string of the molecule is CCOc1ccc(C(=O)/C=C/Nc2ccc(F)cc2C)cc1. The van der Waals surface area contributed by atoms with E-state index in [2.05, 4.69) is 5.32 Å². The van der Waals surface area contributed by atoms with E-state index in [0.717, 1.165) is 17.0 Å². The Balaban J connectivity index is 1.98. The van der Waals surface area contributed by atoms with Crippen LogP contribution in [0.1, 0.15) is 22.8 Å². The number of ether oxygens (including phenoxy) is 1. The van der Waals surface area contributed by atoms with Crippen LogP contribution >= 0.6 is 0 Å².